The van der Waals surface area contributed by atoms with E-state index in [4.69, 9.17) is 11.6 Å². The summed E-state index contributed by atoms with van der Waals surface area (Å²) in [7, 11) is 1.23. The topological polar surface area (TPSA) is 43.4 Å². The van der Waals surface area contributed by atoms with E-state index in [9.17, 15) is 9.59 Å². The second-order valence-electron chi connectivity index (χ2n) is 3.57. The molecule has 0 atom stereocenters. The lowest BCUT2D eigenvalue weighted by atomic mass is 10.1. The molecule has 1 aliphatic rings. The molecule has 1 aromatic rings. The molecule has 1 heterocycles. The molecule has 0 amide bonds. The molecule has 0 spiro atoms. The van der Waals surface area contributed by atoms with Gasteiger partial charge in [0.05, 0.1) is 12.0 Å². The van der Waals surface area contributed by atoms with E-state index in [1.54, 1.807) is 6.07 Å². The van der Waals surface area contributed by atoms with E-state index in [1.807, 2.05) is 19.1 Å². The van der Waals surface area contributed by atoms with Crippen molar-refractivity contribution in [2.75, 3.05) is 7.11 Å². The van der Waals surface area contributed by atoms with Gasteiger partial charge >= 0.3 is 5.97 Å². The van der Waals surface area contributed by atoms with Crippen molar-refractivity contribution in [3.8, 4) is 0 Å². The summed E-state index contributed by atoms with van der Waals surface area (Å²) in [6.07, 6.45) is 0. The maximum Gasteiger partial charge on any atom is 0.350 e. The van der Waals surface area contributed by atoms with Crippen LogP contribution >= 0.6 is 23.4 Å². The van der Waals surface area contributed by atoms with Gasteiger partial charge in [-0.3, -0.25) is 4.79 Å². The number of esters is 1. The monoisotopic (exact) mass is 268 g/mol. The van der Waals surface area contributed by atoms with Crippen LogP contribution in [0.25, 0.3) is 0 Å². The van der Waals surface area contributed by atoms with Crippen molar-refractivity contribution in [2.24, 2.45) is 0 Å². The van der Waals surface area contributed by atoms with Crippen molar-refractivity contribution in [3.05, 3.63) is 39.3 Å². The second-order valence-corrected chi connectivity index (χ2v) is 5.00. The van der Waals surface area contributed by atoms with Gasteiger partial charge in [-0.1, -0.05) is 35.0 Å². The number of benzene rings is 1. The highest BCUT2D eigenvalue weighted by molar-refractivity contribution is 8.04. The van der Waals surface area contributed by atoms with Crippen LogP contribution in [0, 0.1) is 6.92 Å². The molecule has 0 unspecified atom stereocenters. The third kappa shape index (κ3) is 2.10. The predicted molar refractivity (Wildman–Crippen MR) is 66.3 cm³/mol. The van der Waals surface area contributed by atoms with Crippen LogP contribution in [0.2, 0.25) is 0 Å². The zero-order chi connectivity index (χ0) is 12.6. The van der Waals surface area contributed by atoms with Gasteiger partial charge in [0.2, 0.25) is 5.78 Å². The minimum Gasteiger partial charge on any atom is -0.465 e. The van der Waals surface area contributed by atoms with Gasteiger partial charge in [-0.05, 0) is 19.1 Å². The van der Waals surface area contributed by atoms with Gasteiger partial charge in [-0.25, -0.2) is 4.79 Å². The summed E-state index contributed by atoms with van der Waals surface area (Å²) in [4.78, 5) is 24.4. The Hall–Kier alpha value is -1.26. The summed E-state index contributed by atoms with van der Waals surface area (Å²) in [5.41, 5.74) is 1.58. The highest BCUT2D eigenvalue weighted by atomic mass is 35.5. The quantitative estimate of drug-likeness (QED) is 0.580. The number of rotatable bonds is 1. The smallest absolute Gasteiger partial charge is 0.350 e. The molecule has 88 valence electrons. The highest BCUT2D eigenvalue weighted by Gasteiger charge is 2.30. The van der Waals surface area contributed by atoms with Crippen LogP contribution in [0.5, 0.6) is 0 Å². The average Bonchev–Trinajstić information content (AvgIpc) is 2.65. The first-order chi connectivity index (χ1) is 8.04. The lowest BCUT2D eigenvalue weighted by molar-refractivity contribution is -0.135. The van der Waals surface area contributed by atoms with Gasteiger partial charge in [0.1, 0.15) is 5.03 Å². The largest absolute Gasteiger partial charge is 0.465 e. The normalized spacial score (nSPS) is 16.8. The number of ether oxygens (including phenoxy) is 1. The zero-order valence-electron chi connectivity index (χ0n) is 9.24. The minimum atomic E-state index is -0.688. The molecule has 0 aliphatic carbocycles. The number of fused-ring (bicyclic) bond motifs is 1. The number of Topliss-reactive ketones (excluding diaryl/α,β-unsaturated/α-hetero) is 1. The Labute approximate surface area is 108 Å². The number of halogens is 1. The van der Waals surface area contributed by atoms with Gasteiger partial charge in [0, 0.05) is 10.5 Å². The third-order valence-electron chi connectivity index (χ3n) is 2.36. The lowest BCUT2D eigenvalue weighted by Gasteiger charge is -1.99. The molecule has 0 radical (unpaired) electrons. The molecule has 0 aromatic heterocycles. The molecule has 0 saturated heterocycles. The Bertz CT molecular complexity index is 549. The van der Waals surface area contributed by atoms with Crippen LogP contribution in [0.1, 0.15) is 15.9 Å². The summed E-state index contributed by atoms with van der Waals surface area (Å²) < 4.78 is 4.50. The Balaban J connectivity index is 2.48. The fourth-order valence-corrected chi connectivity index (χ4v) is 2.79. The van der Waals surface area contributed by atoms with Crippen LogP contribution in [0.4, 0.5) is 0 Å². The van der Waals surface area contributed by atoms with Crippen LogP contribution in [0.3, 0.4) is 0 Å². The first-order valence-electron chi connectivity index (χ1n) is 4.86. The predicted octanol–water partition coefficient (Wildman–Crippen LogP) is 2.91. The van der Waals surface area contributed by atoms with Gasteiger partial charge in [-0.2, -0.15) is 0 Å². The van der Waals surface area contributed by atoms with E-state index in [0.29, 0.717) is 5.56 Å². The summed E-state index contributed by atoms with van der Waals surface area (Å²) in [5.74, 6) is -0.906. The number of allylic oxidation sites excluding steroid dienone is 1. The van der Waals surface area contributed by atoms with E-state index >= 15 is 0 Å². The molecule has 5 heteroatoms. The zero-order valence-corrected chi connectivity index (χ0v) is 10.8. The molecule has 2 rings (SSSR count). The fraction of sp³-hybridized carbons (Fsp3) is 0.167. The lowest BCUT2D eigenvalue weighted by Crippen LogP contribution is -2.05. The van der Waals surface area contributed by atoms with E-state index in [1.165, 1.54) is 18.9 Å². The Morgan fingerprint density at radius 1 is 1.41 bits per heavy atom. The summed E-state index contributed by atoms with van der Waals surface area (Å²) in [5, 5.41) is -0.156. The molecule has 0 fully saturated rings. The van der Waals surface area contributed by atoms with Crippen LogP contribution < -0.4 is 0 Å². The Morgan fingerprint density at radius 2 is 2.12 bits per heavy atom. The number of methoxy groups -OCH3 is 1. The van der Waals surface area contributed by atoms with Crippen molar-refractivity contribution in [2.45, 2.75) is 11.8 Å². The number of thioether (sulfide) groups is 1. The number of carbonyl (C=O) groups is 2. The number of hydrogen-bond donors (Lipinski definition) is 0. The van der Waals surface area contributed by atoms with E-state index in [0.717, 1.165) is 10.5 Å². The molecule has 0 saturated carbocycles. The van der Waals surface area contributed by atoms with Crippen LogP contribution in [0.15, 0.2) is 33.0 Å². The summed E-state index contributed by atoms with van der Waals surface area (Å²) >= 11 is 7.03. The average molecular weight is 269 g/mol. The van der Waals surface area contributed by atoms with Crippen LogP contribution in [-0.4, -0.2) is 18.9 Å². The molecule has 0 bridgehead atoms. The molecule has 1 aliphatic heterocycles. The van der Waals surface area contributed by atoms with Crippen molar-refractivity contribution in [1.82, 2.24) is 0 Å². The van der Waals surface area contributed by atoms with Gasteiger partial charge < -0.3 is 4.74 Å². The molecule has 0 N–H and O–H groups in total. The molecular formula is C12H9ClO3S. The second kappa shape index (κ2) is 4.55. The van der Waals surface area contributed by atoms with Crippen LogP contribution in [-0.2, 0) is 9.53 Å². The minimum absolute atomic E-state index is 0.156. The Kier molecular flexibility index (Phi) is 3.26. The van der Waals surface area contributed by atoms with Crippen molar-refractivity contribution in [3.63, 3.8) is 0 Å². The van der Waals surface area contributed by atoms with Gasteiger partial charge in [0.15, 0.2) is 0 Å². The maximum absolute atomic E-state index is 12.0. The first-order valence-corrected chi connectivity index (χ1v) is 6.05. The summed E-state index contributed by atoms with van der Waals surface area (Å²) in [6, 6.07) is 5.55. The number of aryl methyl sites for hydroxylation is 1. The van der Waals surface area contributed by atoms with Crippen molar-refractivity contribution >= 4 is 35.1 Å². The molecular weight excluding hydrogens is 260 g/mol. The van der Waals surface area contributed by atoms with E-state index in [-0.39, 0.29) is 15.7 Å². The molecule has 3 nitrogen and oxygen atoms in total. The van der Waals surface area contributed by atoms with E-state index in [2.05, 4.69) is 4.74 Å². The van der Waals surface area contributed by atoms with Crippen molar-refractivity contribution in [1.29, 1.82) is 0 Å². The highest BCUT2D eigenvalue weighted by Crippen LogP contribution is 2.42. The molecule has 1 aromatic carbocycles. The third-order valence-corrected chi connectivity index (χ3v) is 3.99. The van der Waals surface area contributed by atoms with E-state index < -0.39 is 5.97 Å². The van der Waals surface area contributed by atoms with Crippen molar-refractivity contribution < 1.29 is 14.3 Å². The Morgan fingerprint density at radius 3 is 2.76 bits per heavy atom. The SMILES string of the molecule is COC(=O)C(Cl)=C1Sc2ccc(C)cc2C1=O. The fourth-order valence-electron chi connectivity index (χ4n) is 1.52. The number of carbonyl (C=O) groups excluding carboxylic acids is 2. The van der Waals surface area contributed by atoms with Gasteiger partial charge in [-0.15, -0.1) is 0 Å². The first kappa shape index (κ1) is 12.2. The maximum atomic E-state index is 12.0. The number of hydrogen-bond acceptors (Lipinski definition) is 4. The van der Waals surface area contributed by atoms with Gasteiger partial charge in [0.25, 0.3) is 0 Å². The standard InChI is InChI=1S/C12H9ClO3S/c1-6-3-4-8-7(5-6)10(14)11(17-8)9(13)12(15)16-2/h3-5H,1-2H3. The number of ketones is 1. The summed E-state index contributed by atoms with van der Waals surface area (Å²) in [6.45, 7) is 1.90. The molecule has 17 heavy (non-hydrogen) atoms.